The van der Waals surface area contributed by atoms with Gasteiger partial charge in [-0.15, -0.1) is 0 Å². The van der Waals surface area contributed by atoms with Crippen LogP contribution in [0.15, 0.2) is 18.2 Å². The highest BCUT2D eigenvalue weighted by molar-refractivity contribution is 6.31. The van der Waals surface area contributed by atoms with Crippen LogP contribution in [0.3, 0.4) is 0 Å². The second-order valence-corrected chi connectivity index (χ2v) is 4.68. The molecule has 0 aromatic heterocycles. The molecule has 0 aliphatic carbocycles. The van der Waals surface area contributed by atoms with Crippen LogP contribution in [0.25, 0.3) is 0 Å². The summed E-state index contributed by atoms with van der Waals surface area (Å²) in [5.74, 6) is 0.221. The molecule has 1 aromatic carbocycles. The van der Waals surface area contributed by atoms with Crippen molar-refractivity contribution >= 4 is 11.6 Å². The summed E-state index contributed by atoms with van der Waals surface area (Å²) in [6.45, 7) is 1.75. The number of halogens is 4. The maximum atomic E-state index is 12.5. The van der Waals surface area contributed by atoms with Crippen LogP contribution in [0.2, 0.25) is 5.02 Å². The van der Waals surface area contributed by atoms with Crippen molar-refractivity contribution in [2.24, 2.45) is 0 Å². The van der Waals surface area contributed by atoms with Crippen molar-refractivity contribution < 1.29 is 13.2 Å². The molecule has 94 valence electrons. The van der Waals surface area contributed by atoms with E-state index in [0.717, 1.165) is 43.6 Å². The van der Waals surface area contributed by atoms with Crippen molar-refractivity contribution in [3.8, 4) is 0 Å². The molecule has 0 amide bonds. The molecule has 2 rings (SSSR count). The predicted molar refractivity (Wildman–Crippen MR) is 61.3 cm³/mol. The zero-order chi connectivity index (χ0) is 12.5. The van der Waals surface area contributed by atoms with Crippen LogP contribution in [-0.2, 0) is 6.18 Å². The molecule has 1 aliphatic heterocycles. The first kappa shape index (κ1) is 12.7. The number of hydrogen-bond acceptors (Lipinski definition) is 1. The molecular formula is C12H13ClF3N. The molecule has 1 nitrogen and oxygen atoms in total. The minimum Gasteiger partial charge on any atom is -0.316 e. The van der Waals surface area contributed by atoms with Crippen LogP contribution in [-0.4, -0.2) is 13.1 Å². The van der Waals surface area contributed by atoms with E-state index in [1.807, 2.05) is 0 Å². The third kappa shape index (κ3) is 2.93. The molecule has 1 atom stereocenters. The van der Waals surface area contributed by atoms with E-state index in [9.17, 15) is 13.2 Å². The Morgan fingerprint density at radius 2 is 2.06 bits per heavy atom. The summed E-state index contributed by atoms with van der Waals surface area (Å²) >= 11 is 5.94. The van der Waals surface area contributed by atoms with Gasteiger partial charge < -0.3 is 5.32 Å². The van der Waals surface area contributed by atoms with Gasteiger partial charge in [-0.05, 0) is 43.0 Å². The molecule has 0 unspecified atom stereocenters. The van der Waals surface area contributed by atoms with Gasteiger partial charge in [0.2, 0.25) is 0 Å². The summed E-state index contributed by atoms with van der Waals surface area (Å²) in [7, 11) is 0. The zero-order valence-electron chi connectivity index (χ0n) is 9.15. The summed E-state index contributed by atoms with van der Waals surface area (Å²) in [6.07, 6.45) is -2.33. The van der Waals surface area contributed by atoms with E-state index in [1.165, 1.54) is 6.07 Å². The van der Waals surface area contributed by atoms with E-state index in [4.69, 9.17) is 11.6 Å². The van der Waals surface area contributed by atoms with Gasteiger partial charge in [-0.1, -0.05) is 17.7 Å². The Bertz CT molecular complexity index is 397. The van der Waals surface area contributed by atoms with Gasteiger partial charge in [-0.2, -0.15) is 13.2 Å². The van der Waals surface area contributed by atoms with Gasteiger partial charge in [-0.25, -0.2) is 0 Å². The Hall–Kier alpha value is -0.740. The summed E-state index contributed by atoms with van der Waals surface area (Å²) in [5, 5.41) is 3.44. The normalized spacial score (nSPS) is 21.5. The number of alkyl halides is 3. The minimum absolute atomic E-state index is 0.216. The monoisotopic (exact) mass is 263 g/mol. The van der Waals surface area contributed by atoms with E-state index >= 15 is 0 Å². The Morgan fingerprint density at radius 3 is 2.59 bits per heavy atom. The Morgan fingerprint density at radius 1 is 1.29 bits per heavy atom. The first-order valence-electron chi connectivity index (χ1n) is 5.56. The maximum Gasteiger partial charge on any atom is 0.416 e. The average Bonchev–Trinajstić information content (AvgIpc) is 2.29. The molecule has 5 heteroatoms. The average molecular weight is 264 g/mol. The minimum atomic E-state index is -4.33. The topological polar surface area (TPSA) is 12.0 Å². The zero-order valence-corrected chi connectivity index (χ0v) is 9.91. The summed E-state index contributed by atoms with van der Waals surface area (Å²) < 4.78 is 37.4. The molecule has 1 heterocycles. The van der Waals surface area contributed by atoms with E-state index in [-0.39, 0.29) is 10.9 Å². The largest absolute Gasteiger partial charge is 0.416 e. The lowest BCUT2D eigenvalue weighted by Gasteiger charge is -2.24. The van der Waals surface area contributed by atoms with Crippen molar-refractivity contribution in [1.29, 1.82) is 0 Å². The fourth-order valence-electron chi connectivity index (χ4n) is 2.15. The summed E-state index contributed by atoms with van der Waals surface area (Å²) in [6, 6.07) is 3.63. The van der Waals surface area contributed by atoms with Crippen molar-refractivity contribution in [3.05, 3.63) is 34.3 Å². The number of piperidine rings is 1. The molecule has 0 spiro atoms. The maximum absolute atomic E-state index is 12.5. The molecule has 0 radical (unpaired) electrons. The van der Waals surface area contributed by atoms with E-state index in [1.54, 1.807) is 0 Å². The molecule has 17 heavy (non-hydrogen) atoms. The smallest absolute Gasteiger partial charge is 0.316 e. The quantitative estimate of drug-likeness (QED) is 0.812. The van der Waals surface area contributed by atoms with Crippen molar-refractivity contribution in [2.75, 3.05) is 13.1 Å². The van der Waals surface area contributed by atoms with E-state index in [2.05, 4.69) is 5.32 Å². The third-order valence-electron chi connectivity index (χ3n) is 3.06. The number of hydrogen-bond donors (Lipinski definition) is 1. The van der Waals surface area contributed by atoms with Crippen molar-refractivity contribution in [2.45, 2.75) is 24.9 Å². The first-order chi connectivity index (χ1) is 7.98. The van der Waals surface area contributed by atoms with Gasteiger partial charge in [0.25, 0.3) is 0 Å². The SMILES string of the molecule is FC(F)(F)c1ccc([C@H]2CCCNC2)c(Cl)c1. The Kier molecular flexibility index (Phi) is 3.64. The van der Waals surface area contributed by atoms with Crippen molar-refractivity contribution in [3.63, 3.8) is 0 Å². The highest BCUT2D eigenvalue weighted by Gasteiger charge is 2.31. The molecule has 1 N–H and O–H groups in total. The Labute approximate surface area is 103 Å². The van der Waals surface area contributed by atoms with Gasteiger partial charge in [0.1, 0.15) is 0 Å². The number of benzene rings is 1. The number of nitrogens with one attached hydrogen (secondary N) is 1. The number of rotatable bonds is 1. The van der Waals surface area contributed by atoms with Gasteiger partial charge >= 0.3 is 6.18 Å². The molecule has 1 aliphatic rings. The van der Waals surface area contributed by atoms with Crippen LogP contribution in [0.4, 0.5) is 13.2 Å². The first-order valence-corrected chi connectivity index (χ1v) is 5.93. The fraction of sp³-hybridized carbons (Fsp3) is 0.500. The van der Waals surface area contributed by atoms with Crippen LogP contribution < -0.4 is 5.32 Å². The molecular weight excluding hydrogens is 251 g/mol. The summed E-state index contributed by atoms with van der Waals surface area (Å²) in [5.41, 5.74) is 0.127. The highest BCUT2D eigenvalue weighted by Crippen LogP contribution is 2.35. The lowest BCUT2D eigenvalue weighted by Crippen LogP contribution is -2.28. The predicted octanol–water partition coefficient (Wildman–Crippen LogP) is 3.83. The van der Waals surface area contributed by atoms with Gasteiger partial charge in [0.05, 0.1) is 5.56 Å². The third-order valence-corrected chi connectivity index (χ3v) is 3.39. The van der Waals surface area contributed by atoms with Crippen LogP contribution in [0.5, 0.6) is 0 Å². The molecule has 1 saturated heterocycles. The Balaban J connectivity index is 2.25. The van der Waals surface area contributed by atoms with Crippen LogP contribution >= 0.6 is 11.6 Å². The second kappa shape index (κ2) is 4.86. The van der Waals surface area contributed by atoms with E-state index in [0.29, 0.717) is 0 Å². The summed E-state index contributed by atoms with van der Waals surface area (Å²) in [4.78, 5) is 0. The highest BCUT2D eigenvalue weighted by atomic mass is 35.5. The second-order valence-electron chi connectivity index (χ2n) is 4.28. The van der Waals surface area contributed by atoms with Gasteiger partial charge in [0.15, 0.2) is 0 Å². The standard InChI is InChI=1S/C12H13ClF3N/c13-11-6-9(12(14,15)16)3-4-10(11)8-2-1-5-17-7-8/h3-4,6,8,17H,1-2,5,7H2/t8-/m0/s1. The fourth-order valence-corrected chi connectivity index (χ4v) is 2.49. The molecule has 0 bridgehead atoms. The van der Waals surface area contributed by atoms with Crippen molar-refractivity contribution in [1.82, 2.24) is 5.32 Å². The van der Waals surface area contributed by atoms with E-state index < -0.39 is 11.7 Å². The lowest BCUT2D eigenvalue weighted by atomic mass is 9.91. The molecule has 0 saturated carbocycles. The lowest BCUT2D eigenvalue weighted by molar-refractivity contribution is -0.137. The van der Waals surface area contributed by atoms with Crippen LogP contribution in [0, 0.1) is 0 Å². The van der Waals surface area contributed by atoms with Gasteiger partial charge in [0, 0.05) is 11.6 Å². The molecule has 1 aromatic rings. The molecule has 1 fully saturated rings. The van der Waals surface area contributed by atoms with Gasteiger partial charge in [-0.3, -0.25) is 0 Å². The van der Waals surface area contributed by atoms with Crippen LogP contribution in [0.1, 0.15) is 29.9 Å².